The molecule has 2 aromatic carbocycles. The molecule has 6 heteroatoms. The first-order valence-electron chi connectivity index (χ1n) is 6.28. The number of benzene rings is 2. The molecule has 22 heavy (non-hydrogen) atoms. The Morgan fingerprint density at radius 2 is 1.32 bits per heavy atom. The number of methoxy groups -OCH3 is 1. The monoisotopic (exact) mass is 300 g/mol. The molecule has 0 aromatic heterocycles. The molecule has 0 atom stereocenters. The molecule has 2 aromatic rings. The van der Waals surface area contributed by atoms with Crippen molar-refractivity contribution in [2.24, 2.45) is 0 Å². The molecule has 2 rings (SSSR count). The first-order valence-corrected chi connectivity index (χ1v) is 6.28. The largest absolute Gasteiger partial charge is 0.516 e. The van der Waals surface area contributed by atoms with Crippen LogP contribution in [0.1, 0.15) is 20.7 Å². The Kier molecular flexibility index (Phi) is 4.87. The molecular weight excluding hydrogens is 288 g/mol. The summed E-state index contributed by atoms with van der Waals surface area (Å²) >= 11 is 0. The van der Waals surface area contributed by atoms with Crippen molar-refractivity contribution in [1.29, 1.82) is 0 Å². The van der Waals surface area contributed by atoms with Gasteiger partial charge in [-0.3, -0.25) is 0 Å². The summed E-state index contributed by atoms with van der Waals surface area (Å²) in [6.07, 6.45) is -1.16. The third-order valence-corrected chi connectivity index (χ3v) is 2.66. The van der Waals surface area contributed by atoms with E-state index >= 15 is 0 Å². The smallest absolute Gasteiger partial charge is 0.437 e. The topological polar surface area (TPSA) is 78.9 Å². The van der Waals surface area contributed by atoms with Crippen LogP contribution >= 0.6 is 0 Å². The van der Waals surface area contributed by atoms with Crippen molar-refractivity contribution in [2.45, 2.75) is 0 Å². The van der Waals surface area contributed by atoms with Crippen molar-refractivity contribution >= 4 is 18.1 Å². The average Bonchev–Trinajstić information content (AvgIpc) is 2.55. The highest BCUT2D eigenvalue weighted by atomic mass is 16.7. The van der Waals surface area contributed by atoms with Crippen molar-refractivity contribution in [3.8, 4) is 5.75 Å². The molecule has 0 saturated carbocycles. The van der Waals surface area contributed by atoms with Crippen LogP contribution in [-0.2, 0) is 9.47 Å². The fourth-order valence-electron chi connectivity index (χ4n) is 1.66. The number of rotatable bonds is 3. The minimum Gasteiger partial charge on any atom is -0.437 e. The molecule has 112 valence electrons. The highest BCUT2D eigenvalue weighted by Gasteiger charge is 2.21. The van der Waals surface area contributed by atoms with Crippen molar-refractivity contribution in [2.75, 3.05) is 7.11 Å². The van der Waals surface area contributed by atoms with Crippen LogP contribution < -0.4 is 4.74 Å². The van der Waals surface area contributed by atoms with E-state index in [1.807, 2.05) is 0 Å². The number of ether oxygens (including phenoxy) is 3. The average molecular weight is 300 g/mol. The molecule has 0 heterocycles. The van der Waals surface area contributed by atoms with Crippen molar-refractivity contribution in [3.63, 3.8) is 0 Å². The number of hydrogen-bond acceptors (Lipinski definition) is 6. The second-order valence-electron chi connectivity index (χ2n) is 4.09. The Labute approximate surface area is 126 Å². The van der Waals surface area contributed by atoms with E-state index in [1.54, 1.807) is 36.4 Å². The van der Waals surface area contributed by atoms with Crippen LogP contribution in [0.3, 0.4) is 0 Å². The fourth-order valence-corrected chi connectivity index (χ4v) is 1.66. The van der Waals surface area contributed by atoms with Gasteiger partial charge in [-0.2, -0.15) is 0 Å². The summed E-state index contributed by atoms with van der Waals surface area (Å²) in [5.74, 6) is -1.39. The number of esters is 2. The lowest BCUT2D eigenvalue weighted by atomic mass is 10.1. The number of para-hydroxylation sites is 1. The maximum atomic E-state index is 12.1. The zero-order valence-electron chi connectivity index (χ0n) is 11.6. The van der Waals surface area contributed by atoms with Crippen molar-refractivity contribution < 1.29 is 28.6 Å². The van der Waals surface area contributed by atoms with Gasteiger partial charge in [-0.05, 0) is 24.3 Å². The third-order valence-electron chi connectivity index (χ3n) is 2.66. The van der Waals surface area contributed by atoms with Crippen LogP contribution in [0.25, 0.3) is 0 Å². The number of hydrogen-bond donors (Lipinski definition) is 0. The molecule has 0 radical (unpaired) electrons. The molecule has 0 bridgehead atoms. The second-order valence-corrected chi connectivity index (χ2v) is 4.09. The molecule has 0 amide bonds. The standard InChI is InChI=1S/C16H12O6/c1-20-16(19)22-15(18)13-10-6-5-9-12(13)14(17)21-11-7-3-2-4-8-11/h2-10H,1H3. The van der Waals surface area contributed by atoms with Gasteiger partial charge in [-0.15, -0.1) is 0 Å². The minimum atomic E-state index is -1.16. The lowest BCUT2D eigenvalue weighted by Crippen LogP contribution is -2.18. The summed E-state index contributed by atoms with van der Waals surface area (Å²) in [6, 6.07) is 14.3. The van der Waals surface area contributed by atoms with Gasteiger partial charge < -0.3 is 14.2 Å². The van der Waals surface area contributed by atoms with E-state index in [9.17, 15) is 14.4 Å². The molecular formula is C16H12O6. The summed E-state index contributed by atoms with van der Waals surface area (Å²) in [5.41, 5.74) is -0.103. The maximum Gasteiger partial charge on any atom is 0.516 e. The predicted molar refractivity (Wildman–Crippen MR) is 75.7 cm³/mol. The van der Waals surface area contributed by atoms with E-state index in [4.69, 9.17) is 4.74 Å². The van der Waals surface area contributed by atoms with E-state index in [2.05, 4.69) is 9.47 Å². The molecule has 0 saturated heterocycles. The van der Waals surface area contributed by atoms with Gasteiger partial charge >= 0.3 is 18.1 Å². The van der Waals surface area contributed by atoms with Gasteiger partial charge in [-0.1, -0.05) is 30.3 Å². The van der Waals surface area contributed by atoms with Crippen molar-refractivity contribution in [1.82, 2.24) is 0 Å². The Balaban J connectivity index is 2.22. The Morgan fingerprint density at radius 3 is 1.91 bits per heavy atom. The van der Waals surface area contributed by atoms with Crippen LogP contribution in [0.5, 0.6) is 5.75 Å². The highest BCUT2D eigenvalue weighted by Crippen LogP contribution is 2.16. The van der Waals surface area contributed by atoms with E-state index in [-0.39, 0.29) is 11.1 Å². The molecule has 0 spiro atoms. The molecule has 0 aliphatic carbocycles. The molecule has 6 nitrogen and oxygen atoms in total. The Hall–Kier alpha value is -3.15. The summed E-state index contributed by atoms with van der Waals surface area (Å²) in [4.78, 5) is 35.0. The zero-order chi connectivity index (χ0) is 15.9. The number of carbonyl (C=O) groups is 3. The fraction of sp³-hybridized carbons (Fsp3) is 0.0625. The van der Waals surface area contributed by atoms with Gasteiger partial charge in [0.2, 0.25) is 0 Å². The molecule has 0 aliphatic rings. The van der Waals surface area contributed by atoms with E-state index in [0.29, 0.717) is 5.75 Å². The summed E-state index contributed by atoms with van der Waals surface area (Å²) in [7, 11) is 1.07. The predicted octanol–water partition coefficient (Wildman–Crippen LogP) is 2.83. The summed E-state index contributed by atoms with van der Waals surface area (Å²) in [5, 5.41) is 0. The van der Waals surface area contributed by atoms with Gasteiger partial charge in [0.05, 0.1) is 18.2 Å². The first kappa shape index (κ1) is 15.2. The van der Waals surface area contributed by atoms with Crippen LogP contribution in [0.15, 0.2) is 54.6 Å². The van der Waals surface area contributed by atoms with Crippen LogP contribution in [0.4, 0.5) is 4.79 Å². The molecule has 0 fully saturated rings. The summed E-state index contributed by atoms with van der Waals surface area (Å²) in [6.45, 7) is 0. The highest BCUT2D eigenvalue weighted by molar-refractivity contribution is 6.05. The van der Waals surface area contributed by atoms with Crippen LogP contribution in [0, 0.1) is 0 Å². The molecule has 0 aliphatic heterocycles. The van der Waals surface area contributed by atoms with E-state index < -0.39 is 18.1 Å². The summed E-state index contributed by atoms with van der Waals surface area (Å²) < 4.78 is 13.8. The van der Waals surface area contributed by atoms with E-state index in [1.165, 1.54) is 18.2 Å². The third kappa shape index (κ3) is 3.69. The van der Waals surface area contributed by atoms with Gasteiger partial charge in [0.15, 0.2) is 0 Å². The maximum absolute atomic E-state index is 12.1. The second kappa shape index (κ2) is 7.03. The van der Waals surface area contributed by atoms with Crippen molar-refractivity contribution in [3.05, 3.63) is 65.7 Å². The van der Waals surface area contributed by atoms with E-state index in [0.717, 1.165) is 7.11 Å². The Bertz CT molecular complexity index is 693. The van der Waals surface area contributed by atoms with Crippen LogP contribution in [-0.4, -0.2) is 25.2 Å². The van der Waals surface area contributed by atoms with Gasteiger partial charge in [0, 0.05) is 0 Å². The number of carbonyl (C=O) groups excluding carboxylic acids is 3. The quantitative estimate of drug-likeness (QED) is 0.492. The lowest BCUT2D eigenvalue weighted by molar-refractivity contribution is 0.0445. The molecule has 0 unspecified atom stereocenters. The van der Waals surface area contributed by atoms with Gasteiger partial charge in [-0.25, -0.2) is 14.4 Å². The minimum absolute atomic E-state index is 0.0137. The molecule has 0 N–H and O–H groups in total. The normalized spacial score (nSPS) is 9.68. The zero-order valence-corrected chi connectivity index (χ0v) is 11.6. The first-order chi connectivity index (χ1) is 10.6. The van der Waals surface area contributed by atoms with Gasteiger partial charge in [0.1, 0.15) is 5.75 Å². The lowest BCUT2D eigenvalue weighted by Gasteiger charge is -2.08. The SMILES string of the molecule is COC(=O)OC(=O)c1ccccc1C(=O)Oc1ccccc1. The van der Waals surface area contributed by atoms with Gasteiger partial charge in [0.25, 0.3) is 0 Å². The van der Waals surface area contributed by atoms with Crippen LogP contribution in [0.2, 0.25) is 0 Å². The Morgan fingerprint density at radius 1 is 0.773 bits per heavy atom.